The van der Waals surface area contributed by atoms with E-state index in [1.807, 2.05) is 0 Å². The van der Waals surface area contributed by atoms with Crippen molar-refractivity contribution < 1.29 is 19.1 Å². The molecule has 0 saturated carbocycles. The van der Waals surface area contributed by atoms with Gasteiger partial charge in [-0.3, -0.25) is 9.59 Å². The smallest absolute Gasteiger partial charge is 0.266 e. The van der Waals surface area contributed by atoms with E-state index in [4.69, 9.17) is 9.52 Å². The zero-order valence-corrected chi connectivity index (χ0v) is 14.5. The van der Waals surface area contributed by atoms with Crippen molar-refractivity contribution >= 4 is 33.4 Å². The summed E-state index contributed by atoms with van der Waals surface area (Å²) in [6.07, 6.45) is 0. The highest BCUT2D eigenvalue weighted by Crippen LogP contribution is 2.35. The number of aliphatic hydroxyl groups is 1. The third-order valence-electron chi connectivity index (χ3n) is 4.09. The maximum atomic E-state index is 12.6. The number of carbonyl (C=O) groups excluding carboxylic acids is 2. The van der Waals surface area contributed by atoms with Crippen LogP contribution in [0.2, 0.25) is 0 Å². The summed E-state index contributed by atoms with van der Waals surface area (Å²) in [5.74, 6) is 0.387. The molecule has 3 aromatic rings. The minimum Gasteiger partial charge on any atom is -0.459 e. The number of halogens is 1. The van der Waals surface area contributed by atoms with Crippen molar-refractivity contribution in [3.05, 3.63) is 76.0 Å². The van der Waals surface area contributed by atoms with E-state index in [-0.39, 0.29) is 18.4 Å². The lowest BCUT2D eigenvalue weighted by Crippen LogP contribution is -2.29. The van der Waals surface area contributed by atoms with E-state index in [9.17, 15) is 9.59 Å². The number of benzene rings is 2. The highest BCUT2D eigenvalue weighted by molar-refractivity contribution is 9.10. The quantitative estimate of drug-likeness (QED) is 0.677. The molecule has 0 spiro atoms. The molecule has 2 aromatic carbocycles. The number of fused-ring (bicyclic) bond motifs is 1. The second kappa shape index (κ2) is 5.98. The van der Waals surface area contributed by atoms with Crippen molar-refractivity contribution in [2.45, 2.75) is 6.61 Å². The fourth-order valence-corrected chi connectivity index (χ4v) is 3.44. The van der Waals surface area contributed by atoms with Crippen LogP contribution in [0.4, 0.5) is 5.69 Å². The molecule has 124 valence electrons. The summed E-state index contributed by atoms with van der Waals surface area (Å²) >= 11 is 3.47. The number of amides is 2. The van der Waals surface area contributed by atoms with Gasteiger partial charge in [0.2, 0.25) is 0 Å². The van der Waals surface area contributed by atoms with Gasteiger partial charge in [0.1, 0.15) is 18.1 Å². The van der Waals surface area contributed by atoms with Crippen LogP contribution >= 0.6 is 15.9 Å². The van der Waals surface area contributed by atoms with E-state index in [0.717, 1.165) is 5.56 Å². The van der Waals surface area contributed by atoms with Gasteiger partial charge >= 0.3 is 0 Å². The molecule has 6 heteroatoms. The van der Waals surface area contributed by atoms with Gasteiger partial charge in [-0.05, 0) is 58.4 Å². The van der Waals surface area contributed by atoms with Crippen LogP contribution in [0, 0.1) is 0 Å². The monoisotopic (exact) mass is 397 g/mol. The average molecular weight is 398 g/mol. The van der Waals surface area contributed by atoms with Crippen molar-refractivity contribution in [3.8, 4) is 11.3 Å². The Kier molecular flexibility index (Phi) is 3.78. The van der Waals surface area contributed by atoms with Gasteiger partial charge in [0, 0.05) is 10.0 Å². The topological polar surface area (TPSA) is 70.8 Å². The predicted octanol–water partition coefficient (Wildman–Crippen LogP) is 4.00. The highest BCUT2D eigenvalue weighted by atomic mass is 79.9. The number of carbonyl (C=O) groups is 2. The largest absolute Gasteiger partial charge is 0.459 e. The van der Waals surface area contributed by atoms with Crippen molar-refractivity contribution in [1.82, 2.24) is 0 Å². The Morgan fingerprint density at radius 2 is 1.60 bits per heavy atom. The predicted molar refractivity (Wildman–Crippen MR) is 95.3 cm³/mol. The number of imide groups is 1. The molecule has 0 aliphatic carbocycles. The van der Waals surface area contributed by atoms with E-state index in [1.165, 1.54) is 4.90 Å². The number of rotatable bonds is 3. The second-order valence-electron chi connectivity index (χ2n) is 5.58. The minimum absolute atomic E-state index is 0.176. The minimum atomic E-state index is -0.333. The first-order valence-corrected chi connectivity index (χ1v) is 8.37. The zero-order valence-electron chi connectivity index (χ0n) is 12.9. The molecular formula is C19H12BrNO4. The summed E-state index contributed by atoms with van der Waals surface area (Å²) in [6.45, 7) is -0.176. The molecule has 1 aliphatic heterocycles. The number of hydrogen-bond acceptors (Lipinski definition) is 4. The molecule has 0 bridgehead atoms. The number of aliphatic hydroxyl groups excluding tert-OH is 1. The molecule has 1 aromatic heterocycles. The Hall–Kier alpha value is -2.70. The number of furan rings is 1. The maximum absolute atomic E-state index is 12.6. The van der Waals surface area contributed by atoms with Crippen LogP contribution in [-0.2, 0) is 6.61 Å². The van der Waals surface area contributed by atoms with Crippen LogP contribution in [0.3, 0.4) is 0 Å². The van der Waals surface area contributed by atoms with E-state index >= 15 is 0 Å². The summed E-state index contributed by atoms with van der Waals surface area (Å²) in [7, 11) is 0. The molecule has 4 rings (SSSR count). The van der Waals surface area contributed by atoms with Crippen molar-refractivity contribution in [2.75, 3.05) is 4.90 Å². The van der Waals surface area contributed by atoms with Gasteiger partial charge in [0.25, 0.3) is 11.8 Å². The Balaban J connectivity index is 1.72. The molecule has 0 fully saturated rings. The number of nitrogens with zero attached hydrogens (tertiary/aromatic N) is 1. The van der Waals surface area contributed by atoms with Crippen molar-refractivity contribution in [3.63, 3.8) is 0 Å². The first-order chi connectivity index (χ1) is 12.1. The molecule has 1 aliphatic rings. The molecule has 2 amide bonds. The standard InChI is InChI=1S/C19H12BrNO4/c20-16-9-11(5-7-15(16)17-8-6-12(10-22)25-17)21-18(23)13-3-1-2-4-14(13)19(21)24/h1-9,22H,10H2. The molecule has 0 unspecified atom stereocenters. The fourth-order valence-electron chi connectivity index (χ4n) is 2.87. The molecule has 2 heterocycles. The zero-order chi connectivity index (χ0) is 17.6. The Bertz CT molecular complexity index is 973. The first-order valence-electron chi connectivity index (χ1n) is 7.57. The first kappa shape index (κ1) is 15.8. The fraction of sp³-hybridized carbons (Fsp3) is 0.0526. The highest BCUT2D eigenvalue weighted by Gasteiger charge is 2.36. The van der Waals surface area contributed by atoms with Gasteiger partial charge in [-0.2, -0.15) is 0 Å². The van der Waals surface area contributed by atoms with E-state index in [0.29, 0.717) is 32.8 Å². The lowest BCUT2D eigenvalue weighted by Gasteiger charge is -2.15. The Labute approximate surface area is 151 Å². The van der Waals surface area contributed by atoms with Crippen LogP contribution in [0.25, 0.3) is 11.3 Å². The lowest BCUT2D eigenvalue weighted by molar-refractivity contribution is 0.0926. The average Bonchev–Trinajstić information content (AvgIpc) is 3.19. The normalized spacial score (nSPS) is 13.4. The van der Waals surface area contributed by atoms with Gasteiger partial charge < -0.3 is 9.52 Å². The Morgan fingerprint density at radius 1 is 0.920 bits per heavy atom. The summed E-state index contributed by atoms with van der Waals surface area (Å²) in [6, 6.07) is 15.4. The number of anilines is 1. The lowest BCUT2D eigenvalue weighted by atomic mass is 10.1. The summed E-state index contributed by atoms with van der Waals surface area (Å²) in [5, 5.41) is 9.11. The molecule has 5 nitrogen and oxygen atoms in total. The third kappa shape index (κ3) is 2.50. The summed E-state index contributed by atoms with van der Waals surface area (Å²) < 4.78 is 6.21. The van der Waals surface area contributed by atoms with Crippen LogP contribution < -0.4 is 4.90 Å². The van der Waals surface area contributed by atoms with E-state index in [1.54, 1.807) is 54.6 Å². The van der Waals surface area contributed by atoms with Crippen molar-refractivity contribution in [1.29, 1.82) is 0 Å². The third-order valence-corrected chi connectivity index (χ3v) is 4.74. The van der Waals surface area contributed by atoms with Crippen LogP contribution in [0.1, 0.15) is 26.5 Å². The molecule has 25 heavy (non-hydrogen) atoms. The van der Waals surface area contributed by atoms with Crippen LogP contribution in [0.15, 0.2) is 63.5 Å². The number of hydrogen-bond donors (Lipinski definition) is 1. The molecule has 1 N–H and O–H groups in total. The van der Waals surface area contributed by atoms with Gasteiger partial charge in [0.05, 0.1) is 16.8 Å². The summed E-state index contributed by atoms with van der Waals surface area (Å²) in [5.41, 5.74) is 2.06. The van der Waals surface area contributed by atoms with Gasteiger partial charge in [-0.25, -0.2) is 4.90 Å². The molecular weight excluding hydrogens is 386 g/mol. The van der Waals surface area contributed by atoms with Gasteiger partial charge in [-0.1, -0.05) is 12.1 Å². The molecule has 0 atom stereocenters. The summed E-state index contributed by atoms with van der Waals surface area (Å²) in [4.78, 5) is 26.3. The molecule has 0 radical (unpaired) electrons. The SMILES string of the molecule is O=C1c2ccccc2C(=O)N1c1ccc(-c2ccc(CO)o2)c(Br)c1. The second-order valence-corrected chi connectivity index (χ2v) is 6.43. The van der Waals surface area contributed by atoms with Crippen LogP contribution in [-0.4, -0.2) is 16.9 Å². The van der Waals surface area contributed by atoms with E-state index in [2.05, 4.69) is 15.9 Å². The Morgan fingerprint density at radius 3 is 2.16 bits per heavy atom. The van der Waals surface area contributed by atoms with Crippen molar-refractivity contribution in [2.24, 2.45) is 0 Å². The van der Waals surface area contributed by atoms with E-state index < -0.39 is 0 Å². The van der Waals surface area contributed by atoms with Gasteiger partial charge in [-0.15, -0.1) is 0 Å². The molecule has 0 saturated heterocycles. The van der Waals surface area contributed by atoms with Crippen LogP contribution in [0.5, 0.6) is 0 Å². The maximum Gasteiger partial charge on any atom is 0.266 e. The van der Waals surface area contributed by atoms with Gasteiger partial charge in [0.15, 0.2) is 0 Å².